The van der Waals surface area contributed by atoms with Gasteiger partial charge in [0.25, 0.3) is 0 Å². The summed E-state index contributed by atoms with van der Waals surface area (Å²) >= 11 is 1.87. The van der Waals surface area contributed by atoms with Gasteiger partial charge < -0.3 is 10.6 Å². The lowest BCUT2D eigenvalue weighted by molar-refractivity contribution is 0.251. The van der Waals surface area contributed by atoms with E-state index in [0.29, 0.717) is 0 Å². The van der Waals surface area contributed by atoms with E-state index < -0.39 is 0 Å². The standard InChI is InChI=1S/C19H32N4S.HI/c1-19(2,24-4)15-22-18(20-3)21-11-7-12-23-13-10-16-8-5-6-9-17(16)14-23;/h5-6,8-9H,7,10-15H2,1-4H3,(H2,20,21,22);1H. The smallest absolute Gasteiger partial charge is 0.191 e. The molecule has 2 rings (SSSR count). The van der Waals surface area contributed by atoms with Crippen LogP contribution in [0.5, 0.6) is 0 Å². The molecular formula is C19H33IN4S. The molecule has 0 saturated heterocycles. The van der Waals surface area contributed by atoms with E-state index in [4.69, 9.17) is 0 Å². The molecule has 2 N–H and O–H groups in total. The van der Waals surface area contributed by atoms with E-state index >= 15 is 0 Å². The summed E-state index contributed by atoms with van der Waals surface area (Å²) in [5.41, 5.74) is 3.02. The molecule has 0 bridgehead atoms. The Labute approximate surface area is 174 Å². The van der Waals surface area contributed by atoms with Crippen molar-refractivity contribution in [3.05, 3.63) is 35.4 Å². The average molecular weight is 476 g/mol. The van der Waals surface area contributed by atoms with Gasteiger partial charge in [0.2, 0.25) is 0 Å². The van der Waals surface area contributed by atoms with Gasteiger partial charge in [0.1, 0.15) is 0 Å². The van der Waals surface area contributed by atoms with Gasteiger partial charge >= 0.3 is 0 Å². The number of benzene rings is 1. The molecule has 1 heterocycles. The highest BCUT2D eigenvalue weighted by Crippen LogP contribution is 2.19. The van der Waals surface area contributed by atoms with Crippen LogP contribution in [0.3, 0.4) is 0 Å². The van der Waals surface area contributed by atoms with Crippen molar-refractivity contribution in [3.63, 3.8) is 0 Å². The lowest BCUT2D eigenvalue weighted by atomic mass is 10.00. The SMILES string of the molecule is CN=C(NCCCN1CCc2ccccc2C1)NCC(C)(C)SC.I. The van der Waals surface area contributed by atoms with Crippen LogP contribution in [0.15, 0.2) is 29.3 Å². The molecule has 0 amide bonds. The highest BCUT2D eigenvalue weighted by Gasteiger charge is 2.16. The number of aliphatic imine (C=N–C) groups is 1. The zero-order valence-corrected chi connectivity index (χ0v) is 19.1. The fourth-order valence-corrected chi connectivity index (χ4v) is 3.06. The van der Waals surface area contributed by atoms with Gasteiger partial charge in [0, 0.05) is 44.5 Å². The van der Waals surface area contributed by atoms with Crippen molar-refractivity contribution in [1.29, 1.82) is 0 Å². The molecule has 6 heteroatoms. The average Bonchev–Trinajstić information content (AvgIpc) is 2.61. The summed E-state index contributed by atoms with van der Waals surface area (Å²) < 4.78 is 0.221. The predicted molar refractivity (Wildman–Crippen MR) is 122 cm³/mol. The van der Waals surface area contributed by atoms with Crippen molar-refractivity contribution in [2.24, 2.45) is 4.99 Å². The molecule has 1 aromatic carbocycles. The second-order valence-corrected chi connectivity index (χ2v) is 8.48. The Morgan fingerprint density at radius 1 is 1.24 bits per heavy atom. The van der Waals surface area contributed by atoms with Crippen molar-refractivity contribution in [1.82, 2.24) is 15.5 Å². The number of fused-ring (bicyclic) bond motifs is 1. The first kappa shape index (κ1) is 22.6. The van der Waals surface area contributed by atoms with Gasteiger partial charge in [-0.3, -0.25) is 9.89 Å². The minimum Gasteiger partial charge on any atom is -0.356 e. The Hall–Kier alpha value is -0.470. The first-order chi connectivity index (χ1) is 11.5. The van der Waals surface area contributed by atoms with Gasteiger partial charge in [-0.15, -0.1) is 24.0 Å². The summed E-state index contributed by atoms with van der Waals surface area (Å²) in [5, 5.41) is 6.84. The number of halogens is 1. The lowest BCUT2D eigenvalue weighted by Gasteiger charge is -2.28. The van der Waals surface area contributed by atoms with E-state index in [-0.39, 0.29) is 28.7 Å². The normalized spacial score (nSPS) is 15.3. The van der Waals surface area contributed by atoms with Crippen LogP contribution in [0.1, 0.15) is 31.4 Å². The first-order valence-corrected chi connectivity index (χ1v) is 10.1. The van der Waals surface area contributed by atoms with Gasteiger partial charge in [0.05, 0.1) is 0 Å². The highest BCUT2D eigenvalue weighted by molar-refractivity contribution is 14.0. The summed E-state index contributed by atoms with van der Waals surface area (Å²) in [6.07, 6.45) is 4.46. The molecule has 0 saturated carbocycles. The number of nitrogens with one attached hydrogen (secondary N) is 2. The lowest BCUT2D eigenvalue weighted by Crippen LogP contribution is -2.44. The Morgan fingerprint density at radius 2 is 1.96 bits per heavy atom. The van der Waals surface area contributed by atoms with E-state index in [1.54, 1.807) is 0 Å². The molecule has 0 radical (unpaired) electrons. The van der Waals surface area contributed by atoms with Crippen LogP contribution in [0.2, 0.25) is 0 Å². The van der Waals surface area contributed by atoms with Crippen LogP contribution in [0, 0.1) is 0 Å². The van der Waals surface area contributed by atoms with E-state index in [0.717, 1.165) is 38.6 Å². The monoisotopic (exact) mass is 476 g/mol. The molecule has 142 valence electrons. The molecule has 0 fully saturated rings. The summed E-state index contributed by atoms with van der Waals surface area (Å²) in [7, 11) is 1.84. The minimum atomic E-state index is 0. The van der Waals surface area contributed by atoms with Gasteiger partial charge in [-0.25, -0.2) is 0 Å². The molecule has 1 aliphatic rings. The summed E-state index contributed by atoms with van der Waals surface area (Å²) in [6.45, 7) is 9.75. The third-order valence-electron chi connectivity index (χ3n) is 4.61. The number of guanidine groups is 1. The van der Waals surface area contributed by atoms with Crippen LogP contribution in [-0.4, -0.2) is 55.1 Å². The Morgan fingerprint density at radius 3 is 2.64 bits per heavy atom. The Kier molecular flexibility index (Phi) is 10.2. The second kappa shape index (κ2) is 11.3. The molecule has 0 atom stereocenters. The van der Waals surface area contributed by atoms with Crippen molar-refractivity contribution in [2.75, 3.05) is 39.5 Å². The molecule has 1 aromatic rings. The van der Waals surface area contributed by atoms with Gasteiger partial charge in [-0.1, -0.05) is 24.3 Å². The van der Waals surface area contributed by atoms with Gasteiger partial charge in [-0.2, -0.15) is 11.8 Å². The van der Waals surface area contributed by atoms with E-state index in [9.17, 15) is 0 Å². The number of hydrogen-bond donors (Lipinski definition) is 2. The van der Waals surface area contributed by atoms with Gasteiger partial charge in [-0.05, 0) is 44.1 Å². The van der Waals surface area contributed by atoms with Gasteiger partial charge in [0.15, 0.2) is 5.96 Å². The molecule has 4 nitrogen and oxygen atoms in total. The molecular weight excluding hydrogens is 443 g/mol. The summed E-state index contributed by atoms with van der Waals surface area (Å²) in [5.74, 6) is 0.904. The Balaban J connectivity index is 0.00000312. The number of hydrogen-bond acceptors (Lipinski definition) is 3. The third kappa shape index (κ3) is 7.74. The minimum absolute atomic E-state index is 0. The molecule has 1 aliphatic heterocycles. The van der Waals surface area contributed by atoms with Crippen LogP contribution in [-0.2, 0) is 13.0 Å². The highest BCUT2D eigenvalue weighted by atomic mass is 127. The zero-order valence-electron chi connectivity index (χ0n) is 16.0. The molecule has 0 aliphatic carbocycles. The largest absolute Gasteiger partial charge is 0.356 e. The van der Waals surface area contributed by atoms with Crippen molar-refractivity contribution >= 4 is 41.7 Å². The van der Waals surface area contributed by atoms with Crippen LogP contribution < -0.4 is 10.6 Å². The summed E-state index contributed by atoms with van der Waals surface area (Å²) in [6, 6.07) is 8.82. The topological polar surface area (TPSA) is 39.7 Å². The van der Waals surface area contributed by atoms with Crippen molar-refractivity contribution < 1.29 is 0 Å². The molecule has 0 spiro atoms. The fourth-order valence-electron chi connectivity index (χ4n) is 2.84. The third-order valence-corrected chi connectivity index (χ3v) is 5.86. The second-order valence-electron chi connectivity index (χ2n) is 6.96. The molecule has 0 unspecified atom stereocenters. The summed E-state index contributed by atoms with van der Waals surface area (Å²) in [4.78, 5) is 6.86. The maximum Gasteiger partial charge on any atom is 0.191 e. The number of thioether (sulfide) groups is 1. The Bertz CT molecular complexity index is 548. The van der Waals surface area contributed by atoms with Crippen LogP contribution in [0.4, 0.5) is 0 Å². The quantitative estimate of drug-likeness (QED) is 0.274. The van der Waals surface area contributed by atoms with E-state index in [1.807, 2.05) is 18.8 Å². The van der Waals surface area contributed by atoms with E-state index in [1.165, 1.54) is 24.1 Å². The predicted octanol–water partition coefficient (Wildman–Crippen LogP) is 3.36. The van der Waals surface area contributed by atoms with Crippen molar-refractivity contribution in [3.8, 4) is 0 Å². The maximum absolute atomic E-state index is 4.31. The van der Waals surface area contributed by atoms with Crippen molar-refractivity contribution in [2.45, 2.75) is 38.0 Å². The molecule has 0 aromatic heterocycles. The van der Waals surface area contributed by atoms with Crippen LogP contribution in [0.25, 0.3) is 0 Å². The maximum atomic E-state index is 4.31. The first-order valence-electron chi connectivity index (χ1n) is 8.83. The number of nitrogens with zero attached hydrogens (tertiary/aromatic N) is 2. The van der Waals surface area contributed by atoms with E-state index in [2.05, 4.69) is 64.9 Å². The number of rotatable bonds is 7. The fraction of sp³-hybridized carbons (Fsp3) is 0.632. The van der Waals surface area contributed by atoms with Crippen LogP contribution >= 0.6 is 35.7 Å². The zero-order chi connectivity index (χ0) is 17.4. The molecule has 25 heavy (non-hydrogen) atoms.